The van der Waals surface area contributed by atoms with E-state index in [9.17, 15) is 0 Å². The number of nitrogens with two attached hydrogens (primary N) is 1. The molecule has 1 saturated carbocycles. The van der Waals surface area contributed by atoms with Gasteiger partial charge in [0.15, 0.2) is 0 Å². The minimum absolute atomic E-state index is 0.207. The number of hydrogen-bond acceptors (Lipinski definition) is 1. The maximum atomic E-state index is 6.50. The number of rotatable bonds is 4. The number of benzene rings is 1. The molecule has 1 aliphatic carbocycles. The van der Waals surface area contributed by atoms with Crippen LogP contribution in [0.1, 0.15) is 63.6 Å². The Hall–Kier alpha value is -0.820. The van der Waals surface area contributed by atoms with Crippen LogP contribution in [0.3, 0.4) is 0 Å². The molecule has 0 radical (unpaired) electrons. The number of aryl methyl sites for hydroxylation is 1. The van der Waals surface area contributed by atoms with Gasteiger partial charge in [0.1, 0.15) is 0 Å². The lowest BCUT2D eigenvalue weighted by Crippen LogP contribution is -2.29. The molecule has 0 saturated heterocycles. The van der Waals surface area contributed by atoms with Gasteiger partial charge < -0.3 is 5.73 Å². The predicted molar refractivity (Wildman–Crippen MR) is 78.5 cm³/mol. The highest BCUT2D eigenvalue weighted by Crippen LogP contribution is 2.47. The summed E-state index contributed by atoms with van der Waals surface area (Å²) in [4.78, 5) is 0. The van der Waals surface area contributed by atoms with E-state index in [1.54, 1.807) is 0 Å². The smallest absolute Gasteiger partial charge is 0.0328 e. The van der Waals surface area contributed by atoms with Gasteiger partial charge in [-0.15, -0.1) is 0 Å². The summed E-state index contributed by atoms with van der Waals surface area (Å²) in [6.45, 7) is 6.96. The van der Waals surface area contributed by atoms with Crippen molar-refractivity contribution in [1.29, 1.82) is 0 Å². The van der Waals surface area contributed by atoms with Crippen LogP contribution >= 0.6 is 0 Å². The molecule has 1 heteroatoms. The number of hydrogen-bond donors (Lipinski definition) is 1. The highest BCUT2D eigenvalue weighted by Gasteiger charge is 2.38. The van der Waals surface area contributed by atoms with E-state index in [2.05, 4.69) is 45.0 Å². The summed E-state index contributed by atoms with van der Waals surface area (Å²) in [6.07, 6.45) is 6.31. The molecule has 1 aromatic rings. The normalized spacial score (nSPS) is 24.1. The van der Waals surface area contributed by atoms with Crippen molar-refractivity contribution in [1.82, 2.24) is 0 Å². The molecule has 1 fully saturated rings. The van der Waals surface area contributed by atoms with Crippen molar-refractivity contribution < 1.29 is 0 Å². The second-order valence-electron chi connectivity index (χ2n) is 6.50. The first-order chi connectivity index (χ1) is 8.54. The van der Waals surface area contributed by atoms with Crippen molar-refractivity contribution in [2.24, 2.45) is 17.1 Å². The van der Waals surface area contributed by atoms with Gasteiger partial charge in [-0.05, 0) is 41.7 Å². The zero-order valence-corrected chi connectivity index (χ0v) is 12.1. The second-order valence-corrected chi connectivity index (χ2v) is 6.50. The summed E-state index contributed by atoms with van der Waals surface area (Å²) < 4.78 is 0. The standard InChI is InChI=1S/C17H27N/c1-4-6-13-8-10-14(11-9-13)16(18)15-7-5-12-17(15,2)3/h8-11,15-16H,4-7,12,18H2,1-3H3. The third-order valence-corrected chi connectivity index (χ3v) is 4.68. The maximum Gasteiger partial charge on any atom is 0.0328 e. The van der Waals surface area contributed by atoms with Crippen LogP contribution in [0.15, 0.2) is 24.3 Å². The highest BCUT2D eigenvalue weighted by atomic mass is 14.7. The van der Waals surface area contributed by atoms with Gasteiger partial charge in [0.2, 0.25) is 0 Å². The van der Waals surface area contributed by atoms with Crippen molar-refractivity contribution in [3.8, 4) is 0 Å². The zero-order chi connectivity index (χ0) is 13.2. The third kappa shape index (κ3) is 2.77. The molecule has 2 unspecified atom stereocenters. The SMILES string of the molecule is CCCc1ccc(C(N)C2CCCC2(C)C)cc1. The fraction of sp³-hybridized carbons (Fsp3) is 0.647. The Morgan fingerprint density at radius 2 is 1.94 bits per heavy atom. The Balaban J connectivity index is 2.11. The topological polar surface area (TPSA) is 26.0 Å². The molecule has 1 nitrogen and oxygen atoms in total. The molecule has 100 valence electrons. The van der Waals surface area contributed by atoms with Gasteiger partial charge in [-0.25, -0.2) is 0 Å². The summed E-state index contributed by atoms with van der Waals surface area (Å²) in [7, 11) is 0. The van der Waals surface area contributed by atoms with Crippen LogP contribution in [0.2, 0.25) is 0 Å². The van der Waals surface area contributed by atoms with Gasteiger partial charge in [0, 0.05) is 6.04 Å². The van der Waals surface area contributed by atoms with Gasteiger partial charge in [-0.3, -0.25) is 0 Å². The molecular formula is C17H27N. The fourth-order valence-electron chi connectivity index (χ4n) is 3.45. The average molecular weight is 245 g/mol. The van der Waals surface area contributed by atoms with Crippen LogP contribution in [0, 0.1) is 11.3 Å². The Morgan fingerprint density at radius 3 is 2.44 bits per heavy atom. The molecule has 0 aromatic heterocycles. The molecule has 1 aliphatic rings. The van der Waals surface area contributed by atoms with E-state index in [1.807, 2.05) is 0 Å². The van der Waals surface area contributed by atoms with Gasteiger partial charge in [0.05, 0.1) is 0 Å². The van der Waals surface area contributed by atoms with Crippen molar-refractivity contribution in [2.75, 3.05) is 0 Å². The van der Waals surface area contributed by atoms with Gasteiger partial charge in [-0.1, -0.05) is 57.9 Å². The molecule has 1 aromatic carbocycles. The third-order valence-electron chi connectivity index (χ3n) is 4.68. The summed E-state index contributed by atoms with van der Waals surface area (Å²) in [5, 5.41) is 0. The molecule has 2 atom stereocenters. The van der Waals surface area contributed by atoms with Crippen LogP contribution in [0.4, 0.5) is 0 Å². The quantitative estimate of drug-likeness (QED) is 0.832. The van der Waals surface area contributed by atoms with E-state index in [1.165, 1.54) is 43.2 Å². The molecular weight excluding hydrogens is 218 g/mol. The Morgan fingerprint density at radius 1 is 1.28 bits per heavy atom. The van der Waals surface area contributed by atoms with E-state index in [0.717, 1.165) is 0 Å². The van der Waals surface area contributed by atoms with Gasteiger partial charge >= 0.3 is 0 Å². The van der Waals surface area contributed by atoms with Gasteiger partial charge in [0.25, 0.3) is 0 Å². The largest absolute Gasteiger partial charge is 0.324 e. The zero-order valence-electron chi connectivity index (χ0n) is 12.1. The van der Waals surface area contributed by atoms with Crippen molar-refractivity contribution in [2.45, 2.75) is 58.9 Å². The average Bonchev–Trinajstić information content (AvgIpc) is 2.69. The molecule has 2 rings (SSSR count). The van der Waals surface area contributed by atoms with E-state index < -0.39 is 0 Å². The summed E-state index contributed by atoms with van der Waals surface area (Å²) in [6, 6.07) is 9.19. The maximum absolute atomic E-state index is 6.50. The minimum atomic E-state index is 0.207. The first-order valence-corrected chi connectivity index (χ1v) is 7.39. The van der Waals surface area contributed by atoms with Crippen LogP contribution in [0.25, 0.3) is 0 Å². The first-order valence-electron chi connectivity index (χ1n) is 7.39. The van der Waals surface area contributed by atoms with Gasteiger partial charge in [-0.2, -0.15) is 0 Å². The van der Waals surface area contributed by atoms with Crippen LogP contribution < -0.4 is 5.73 Å². The highest BCUT2D eigenvalue weighted by molar-refractivity contribution is 5.26. The van der Waals surface area contributed by atoms with E-state index in [-0.39, 0.29) is 6.04 Å². The summed E-state index contributed by atoms with van der Waals surface area (Å²) >= 11 is 0. The minimum Gasteiger partial charge on any atom is -0.324 e. The molecule has 0 bridgehead atoms. The van der Waals surface area contributed by atoms with E-state index >= 15 is 0 Å². The molecule has 0 spiro atoms. The summed E-state index contributed by atoms with van der Waals surface area (Å²) in [5.41, 5.74) is 9.65. The van der Waals surface area contributed by atoms with Crippen LogP contribution in [-0.2, 0) is 6.42 Å². The lowest BCUT2D eigenvalue weighted by molar-refractivity contribution is 0.222. The van der Waals surface area contributed by atoms with Crippen molar-refractivity contribution in [3.63, 3.8) is 0 Å². The fourth-order valence-corrected chi connectivity index (χ4v) is 3.45. The molecule has 2 N–H and O–H groups in total. The molecule has 0 amide bonds. The first kappa shape index (κ1) is 13.6. The Kier molecular flexibility index (Phi) is 4.11. The Labute approximate surface area is 112 Å². The molecule has 18 heavy (non-hydrogen) atoms. The summed E-state index contributed by atoms with van der Waals surface area (Å²) in [5.74, 6) is 0.634. The van der Waals surface area contributed by atoms with Crippen molar-refractivity contribution >= 4 is 0 Å². The second kappa shape index (κ2) is 5.44. The predicted octanol–water partition coefficient (Wildman–Crippen LogP) is 4.47. The van der Waals surface area contributed by atoms with E-state index in [4.69, 9.17) is 5.73 Å². The lowest BCUT2D eigenvalue weighted by atomic mass is 9.76. The lowest BCUT2D eigenvalue weighted by Gasteiger charge is -2.32. The van der Waals surface area contributed by atoms with Crippen molar-refractivity contribution in [3.05, 3.63) is 35.4 Å². The molecule has 0 aliphatic heterocycles. The van der Waals surface area contributed by atoms with Crippen LogP contribution in [-0.4, -0.2) is 0 Å². The molecule has 0 heterocycles. The van der Waals surface area contributed by atoms with E-state index in [0.29, 0.717) is 11.3 Å². The Bertz CT molecular complexity index is 377. The van der Waals surface area contributed by atoms with Crippen LogP contribution in [0.5, 0.6) is 0 Å². The monoisotopic (exact) mass is 245 g/mol.